The van der Waals surface area contributed by atoms with E-state index in [2.05, 4.69) is 17.2 Å². The smallest absolute Gasteiger partial charge is 0.168 e. The average Bonchev–Trinajstić information content (AvgIpc) is 2.33. The Balaban J connectivity index is 2.19. The average molecular weight is 255 g/mol. The van der Waals surface area contributed by atoms with Crippen LogP contribution in [0.5, 0.6) is 0 Å². The summed E-state index contributed by atoms with van der Waals surface area (Å²) in [6.07, 6.45) is 5.03. The van der Waals surface area contributed by atoms with Crippen LogP contribution in [0, 0.1) is 17.6 Å². The number of halogens is 2. The minimum atomic E-state index is -0.670. The number of nitrogens with one attached hydrogen (secondary N) is 1. The van der Waals surface area contributed by atoms with Crippen molar-refractivity contribution in [3.05, 3.63) is 23.9 Å². The van der Waals surface area contributed by atoms with Crippen molar-refractivity contribution in [3.63, 3.8) is 0 Å². The van der Waals surface area contributed by atoms with Gasteiger partial charge in [0.2, 0.25) is 0 Å². The number of aromatic nitrogens is 1. The van der Waals surface area contributed by atoms with Crippen molar-refractivity contribution >= 4 is 5.82 Å². The van der Waals surface area contributed by atoms with E-state index in [-0.39, 0.29) is 11.4 Å². The highest BCUT2D eigenvalue weighted by molar-refractivity contribution is 5.39. The zero-order valence-corrected chi connectivity index (χ0v) is 10.5. The molecule has 2 unspecified atom stereocenters. The first kappa shape index (κ1) is 13.2. The maximum atomic E-state index is 13.6. The number of hydrogen-bond donors (Lipinski definition) is 2. The van der Waals surface area contributed by atoms with Crippen LogP contribution in [0.1, 0.15) is 32.6 Å². The van der Waals surface area contributed by atoms with Crippen LogP contribution >= 0.6 is 0 Å². The summed E-state index contributed by atoms with van der Waals surface area (Å²) in [6.45, 7) is 2.59. The Morgan fingerprint density at radius 3 is 2.94 bits per heavy atom. The van der Waals surface area contributed by atoms with Gasteiger partial charge in [-0.15, -0.1) is 0 Å². The van der Waals surface area contributed by atoms with E-state index in [0.29, 0.717) is 12.5 Å². The fraction of sp³-hybridized carbons (Fsp3) is 0.615. The van der Waals surface area contributed by atoms with Crippen molar-refractivity contribution < 1.29 is 8.78 Å². The van der Waals surface area contributed by atoms with Crippen molar-refractivity contribution in [1.82, 2.24) is 4.98 Å². The third-order valence-electron chi connectivity index (χ3n) is 3.67. The van der Waals surface area contributed by atoms with E-state index in [1.165, 1.54) is 6.42 Å². The van der Waals surface area contributed by atoms with Crippen molar-refractivity contribution in [2.45, 2.75) is 38.1 Å². The standard InChI is InChI=1S/C13H19F2N3/c1-9-3-2-4-13(6-9,8-16)18-12-11(15)5-10(14)7-17-12/h5,7,9H,2-4,6,8,16H2,1H3,(H,17,18). The Kier molecular flexibility index (Phi) is 3.80. The molecule has 1 aliphatic rings. The molecular formula is C13H19F2N3. The quantitative estimate of drug-likeness (QED) is 0.873. The molecule has 0 amide bonds. The van der Waals surface area contributed by atoms with Gasteiger partial charge in [0.1, 0.15) is 5.82 Å². The van der Waals surface area contributed by atoms with Gasteiger partial charge in [-0.25, -0.2) is 13.8 Å². The van der Waals surface area contributed by atoms with E-state index in [1.54, 1.807) is 0 Å². The van der Waals surface area contributed by atoms with Crippen LogP contribution in [0.4, 0.5) is 14.6 Å². The molecule has 0 bridgehead atoms. The van der Waals surface area contributed by atoms with E-state index in [0.717, 1.165) is 31.5 Å². The summed E-state index contributed by atoms with van der Waals surface area (Å²) in [4.78, 5) is 3.77. The van der Waals surface area contributed by atoms with Crippen molar-refractivity contribution in [2.75, 3.05) is 11.9 Å². The predicted molar refractivity (Wildman–Crippen MR) is 67.2 cm³/mol. The third kappa shape index (κ3) is 2.77. The van der Waals surface area contributed by atoms with Gasteiger partial charge in [-0.05, 0) is 18.8 Å². The molecule has 5 heteroatoms. The Labute approximate surface area is 106 Å². The summed E-state index contributed by atoms with van der Waals surface area (Å²) in [5, 5.41) is 3.09. The van der Waals surface area contributed by atoms with Crippen LogP contribution in [-0.4, -0.2) is 17.1 Å². The van der Waals surface area contributed by atoms with Gasteiger partial charge in [-0.2, -0.15) is 0 Å². The zero-order valence-electron chi connectivity index (χ0n) is 10.5. The maximum Gasteiger partial charge on any atom is 0.168 e. The van der Waals surface area contributed by atoms with Gasteiger partial charge < -0.3 is 11.1 Å². The molecule has 0 radical (unpaired) electrons. The van der Waals surface area contributed by atoms with Crippen LogP contribution < -0.4 is 11.1 Å². The third-order valence-corrected chi connectivity index (χ3v) is 3.67. The minimum absolute atomic E-state index is 0.0935. The first-order chi connectivity index (χ1) is 8.54. The molecule has 0 aliphatic heterocycles. The first-order valence-electron chi connectivity index (χ1n) is 6.34. The van der Waals surface area contributed by atoms with E-state index in [4.69, 9.17) is 5.73 Å². The minimum Gasteiger partial charge on any atom is -0.361 e. The molecular weight excluding hydrogens is 236 g/mol. The van der Waals surface area contributed by atoms with Gasteiger partial charge in [0, 0.05) is 12.6 Å². The molecule has 0 saturated heterocycles. The SMILES string of the molecule is CC1CCCC(CN)(Nc2ncc(F)cc2F)C1. The number of anilines is 1. The van der Waals surface area contributed by atoms with Crippen LogP contribution in [0.15, 0.2) is 12.3 Å². The molecule has 0 aromatic carbocycles. The van der Waals surface area contributed by atoms with E-state index >= 15 is 0 Å². The Morgan fingerprint density at radius 1 is 1.56 bits per heavy atom. The Bertz CT molecular complexity index is 425. The van der Waals surface area contributed by atoms with Gasteiger partial charge in [0.05, 0.1) is 11.7 Å². The van der Waals surface area contributed by atoms with Gasteiger partial charge in [0.15, 0.2) is 11.6 Å². The summed E-state index contributed by atoms with van der Waals surface area (Å²) in [5.74, 6) is -0.688. The lowest BCUT2D eigenvalue weighted by Gasteiger charge is -2.40. The summed E-state index contributed by atoms with van der Waals surface area (Å²) < 4.78 is 26.4. The van der Waals surface area contributed by atoms with Crippen LogP contribution in [-0.2, 0) is 0 Å². The fourth-order valence-corrected chi connectivity index (χ4v) is 2.77. The van der Waals surface area contributed by atoms with E-state index in [1.807, 2.05) is 0 Å². The molecule has 18 heavy (non-hydrogen) atoms. The van der Waals surface area contributed by atoms with Gasteiger partial charge >= 0.3 is 0 Å². The molecule has 1 saturated carbocycles. The Hall–Kier alpha value is -1.23. The second kappa shape index (κ2) is 5.18. The zero-order chi connectivity index (χ0) is 13.2. The highest BCUT2D eigenvalue weighted by atomic mass is 19.1. The summed E-state index contributed by atoms with van der Waals surface area (Å²) in [6, 6.07) is 0.839. The van der Waals surface area contributed by atoms with Crippen molar-refractivity contribution in [3.8, 4) is 0 Å². The first-order valence-corrected chi connectivity index (χ1v) is 6.34. The fourth-order valence-electron chi connectivity index (χ4n) is 2.77. The predicted octanol–water partition coefficient (Wildman–Crippen LogP) is 2.68. The van der Waals surface area contributed by atoms with E-state index in [9.17, 15) is 8.78 Å². The maximum absolute atomic E-state index is 13.6. The summed E-state index contributed by atoms with van der Waals surface area (Å²) in [5.41, 5.74) is 5.53. The molecule has 3 nitrogen and oxygen atoms in total. The highest BCUT2D eigenvalue weighted by Gasteiger charge is 2.34. The number of hydrogen-bond acceptors (Lipinski definition) is 3. The van der Waals surface area contributed by atoms with Gasteiger partial charge in [0.25, 0.3) is 0 Å². The van der Waals surface area contributed by atoms with Gasteiger partial charge in [-0.1, -0.05) is 19.8 Å². The highest BCUT2D eigenvalue weighted by Crippen LogP contribution is 2.34. The molecule has 2 rings (SSSR count). The normalized spacial score (nSPS) is 28.1. The second-order valence-electron chi connectivity index (χ2n) is 5.29. The lowest BCUT2D eigenvalue weighted by molar-refractivity contribution is 0.262. The lowest BCUT2D eigenvalue weighted by Crippen LogP contribution is -2.49. The topological polar surface area (TPSA) is 50.9 Å². The number of pyridine rings is 1. The molecule has 1 fully saturated rings. The van der Waals surface area contributed by atoms with Gasteiger partial charge in [-0.3, -0.25) is 0 Å². The van der Waals surface area contributed by atoms with Crippen molar-refractivity contribution in [2.24, 2.45) is 11.7 Å². The monoisotopic (exact) mass is 255 g/mol. The summed E-state index contributed by atoms with van der Waals surface area (Å²) in [7, 11) is 0. The molecule has 1 heterocycles. The molecule has 100 valence electrons. The van der Waals surface area contributed by atoms with E-state index < -0.39 is 11.6 Å². The summed E-state index contributed by atoms with van der Waals surface area (Å²) >= 11 is 0. The largest absolute Gasteiger partial charge is 0.361 e. The number of rotatable bonds is 3. The molecule has 1 aromatic heterocycles. The Morgan fingerprint density at radius 2 is 2.33 bits per heavy atom. The molecule has 0 spiro atoms. The molecule has 1 aliphatic carbocycles. The van der Waals surface area contributed by atoms with Crippen molar-refractivity contribution in [1.29, 1.82) is 0 Å². The second-order valence-corrected chi connectivity index (χ2v) is 5.29. The molecule has 2 atom stereocenters. The number of nitrogens with two attached hydrogens (primary N) is 1. The molecule has 3 N–H and O–H groups in total. The van der Waals surface area contributed by atoms with Crippen LogP contribution in [0.3, 0.4) is 0 Å². The molecule has 1 aromatic rings. The lowest BCUT2D eigenvalue weighted by atomic mass is 9.76. The number of nitrogens with zero attached hydrogens (tertiary/aromatic N) is 1. The van der Waals surface area contributed by atoms with Crippen LogP contribution in [0.25, 0.3) is 0 Å². The van der Waals surface area contributed by atoms with Crippen LogP contribution in [0.2, 0.25) is 0 Å².